The third-order valence-corrected chi connectivity index (χ3v) is 5.58. The molecule has 0 aliphatic heterocycles. The molecule has 0 atom stereocenters. The summed E-state index contributed by atoms with van der Waals surface area (Å²) in [5, 5.41) is 0.629. The van der Waals surface area contributed by atoms with Crippen LogP contribution in [-0.4, -0.2) is 43.2 Å². The zero-order valence-electron chi connectivity index (χ0n) is 18.4. The summed E-state index contributed by atoms with van der Waals surface area (Å²) < 4.78 is 3.59. The number of anilines is 1. The van der Waals surface area contributed by atoms with Crippen molar-refractivity contribution in [1.82, 2.24) is 29.1 Å². The fraction of sp³-hybridized carbons (Fsp3) is 0.208. The molecule has 5 aromatic rings. The molecule has 0 N–H and O–H groups in total. The van der Waals surface area contributed by atoms with Crippen molar-refractivity contribution >= 4 is 27.9 Å². The lowest BCUT2D eigenvalue weighted by atomic mass is 10.1. The number of aromatic nitrogens is 6. The summed E-state index contributed by atoms with van der Waals surface area (Å²) in [5.74, 6) is 1.35. The number of hydrogen-bond donors (Lipinski definition) is 0. The lowest BCUT2D eigenvalue weighted by Gasteiger charge is -2.15. The van der Waals surface area contributed by atoms with Crippen molar-refractivity contribution in [3.8, 4) is 5.69 Å². The Hall–Kier alpha value is -4.07. The van der Waals surface area contributed by atoms with E-state index in [0.29, 0.717) is 34.4 Å². The van der Waals surface area contributed by atoms with E-state index in [9.17, 15) is 4.79 Å². The van der Waals surface area contributed by atoms with Crippen LogP contribution in [0.25, 0.3) is 27.8 Å². The second kappa shape index (κ2) is 7.56. The Balaban J connectivity index is 1.75. The van der Waals surface area contributed by atoms with Gasteiger partial charge in [-0.2, -0.15) is 0 Å². The van der Waals surface area contributed by atoms with Gasteiger partial charge >= 0.3 is 0 Å². The maximum Gasteiger partial charge on any atom is 0.266 e. The van der Waals surface area contributed by atoms with Gasteiger partial charge in [-0.3, -0.25) is 9.36 Å². The summed E-state index contributed by atoms with van der Waals surface area (Å²) in [6, 6.07) is 13.6. The predicted octanol–water partition coefficient (Wildman–Crippen LogP) is 3.26. The number of hydrogen-bond acceptors (Lipinski definition) is 6. The Morgan fingerprint density at radius 2 is 1.75 bits per heavy atom. The number of aryl methyl sites for hydroxylation is 2. The van der Waals surface area contributed by atoms with Crippen molar-refractivity contribution in [3.05, 3.63) is 82.4 Å². The molecule has 32 heavy (non-hydrogen) atoms. The van der Waals surface area contributed by atoms with Gasteiger partial charge in [0.2, 0.25) is 0 Å². The molecule has 8 nitrogen and oxygen atoms in total. The molecule has 5 rings (SSSR count). The van der Waals surface area contributed by atoms with Crippen molar-refractivity contribution in [2.75, 3.05) is 19.0 Å². The van der Waals surface area contributed by atoms with Gasteiger partial charge in [-0.1, -0.05) is 29.8 Å². The van der Waals surface area contributed by atoms with Crippen LogP contribution in [-0.2, 0) is 6.54 Å². The third kappa shape index (κ3) is 3.20. The van der Waals surface area contributed by atoms with Crippen LogP contribution in [0.4, 0.5) is 5.82 Å². The summed E-state index contributed by atoms with van der Waals surface area (Å²) in [7, 11) is 3.84. The molecule has 8 heteroatoms. The Kier molecular flexibility index (Phi) is 4.70. The average Bonchev–Trinajstić information content (AvgIpc) is 3.17. The van der Waals surface area contributed by atoms with Crippen molar-refractivity contribution < 1.29 is 0 Å². The van der Waals surface area contributed by atoms with Crippen molar-refractivity contribution in [2.45, 2.75) is 20.4 Å². The fourth-order valence-electron chi connectivity index (χ4n) is 3.97. The maximum absolute atomic E-state index is 13.7. The molecule has 0 unspecified atom stereocenters. The first-order valence-electron chi connectivity index (χ1n) is 10.4. The summed E-state index contributed by atoms with van der Waals surface area (Å²) in [6.07, 6.45) is 3.25. The van der Waals surface area contributed by atoms with Crippen LogP contribution in [0.3, 0.4) is 0 Å². The van der Waals surface area contributed by atoms with E-state index in [0.717, 1.165) is 22.6 Å². The van der Waals surface area contributed by atoms with Crippen LogP contribution in [0.2, 0.25) is 0 Å². The van der Waals surface area contributed by atoms with Crippen molar-refractivity contribution in [1.29, 1.82) is 0 Å². The van der Waals surface area contributed by atoms with Gasteiger partial charge in [-0.15, -0.1) is 0 Å². The Morgan fingerprint density at radius 3 is 2.50 bits per heavy atom. The van der Waals surface area contributed by atoms with Gasteiger partial charge in [-0.25, -0.2) is 19.9 Å². The molecule has 0 saturated heterocycles. The molecule has 0 amide bonds. The second-order valence-electron chi connectivity index (χ2n) is 8.11. The van der Waals surface area contributed by atoms with E-state index in [1.54, 1.807) is 10.9 Å². The molecule has 0 aliphatic carbocycles. The molecule has 3 heterocycles. The fourth-order valence-corrected chi connectivity index (χ4v) is 3.97. The van der Waals surface area contributed by atoms with Crippen LogP contribution in [0.1, 0.15) is 17.0 Å². The van der Waals surface area contributed by atoms with E-state index >= 15 is 0 Å². The maximum atomic E-state index is 13.7. The first kappa shape index (κ1) is 19.9. The monoisotopic (exact) mass is 425 g/mol. The van der Waals surface area contributed by atoms with E-state index in [1.165, 1.54) is 6.33 Å². The normalized spacial score (nSPS) is 11.4. The van der Waals surface area contributed by atoms with Gasteiger partial charge in [0.25, 0.3) is 5.56 Å². The topological polar surface area (TPSA) is 81.7 Å². The molecule has 0 fully saturated rings. The summed E-state index contributed by atoms with van der Waals surface area (Å²) >= 11 is 0. The van der Waals surface area contributed by atoms with Gasteiger partial charge in [0.05, 0.1) is 29.5 Å². The lowest BCUT2D eigenvalue weighted by molar-refractivity contribution is 0.718. The van der Waals surface area contributed by atoms with Gasteiger partial charge in [0.1, 0.15) is 12.2 Å². The SMILES string of the molecule is Cc1ccc(-n2c(Cn3cnc4c(N(C)C)ncnc43)nc3cccc(C)c3c2=O)cc1. The largest absolute Gasteiger partial charge is 0.361 e. The van der Waals surface area contributed by atoms with Gasteiger partial charge in [0.15, 0.2) is 17.0 Å². The van der Waals surface area contributed by atoms with E-state index in [-0.39, 0.29) is 5.56 Å². The minimum absolute atomic E-state index is 0.0834. The minimum Gasteiger partial charge on any atom is -0.361 e. The van der Waals surface area contributed by atoms with E-state index in [1.807, 2.05) is 79.9 Å². The van der Waals surface area contributed by atoms with E-state index in [2.05, 4.69) is 15.0 Å². The zero-order chi connectivity index (χ0) is 22.4. The van der Waals surface area contributed by atoms with E-state index in [4.69, 9.17) is 4.98 Å². The Morgan fingerprint density at radius 1 is 0.969 bits per heavy atom. The Labute approximate surface area is 184 Å². The highest BCUT2D eigenvalue weighted by molar-refractivity contribution is 5.83. The molecular weight excluding hydrogens is 402 g/mol. The highest BCUT2D eigenvalue weighted by Crippen LogP contribution is 2.22. The molecule has 2 aromatic carbocycles. The highest BCUT2D eigenvalue weighted by Gasteiger charge is 2.17. The zero-order valence-corrected chi connectivity index (χ0v) is 18.4. The van der Waals surface area contributed by atoms with Crippen molar-refractivity contribution in [3.63, 3.8) is 0 Å². The number of nitrogens with zero attached hydrogens (tertiary/aromatic N) is 7. The second-order valence-corrected chi connectivity index (χ2v) is 8.11. The smallest absolute Gasteiger partial charge is 0.266 e. The van der Waals surface area contributed by atoms with Crippen LogP contribution in [0.5, 0.6) is 0 Å². The van der Waals surface area contributed by atoms with Crippen LogP contribution >= 0.6 is 0 Å². The molecule has 0 aliphatic rings. The Bertz CT molecular complexity index is 1510. The highest BCUT2D eigenvalue weighted by atomic mass is 16.1. The first-order chi connectivity index (χ1) is 15.4. The molecule has 3 aromatic heterocycles. The van der Waals surface area contributed by atoms with Crippen LogP contribution in [0, 0.1) is 13.8 Å². The van der Waals surface area contributed by atoms with Crippen LogP contribution in [0.15, 0.2) is 59.9 Å². The lowest BCUT2D eigenvalue weighted by Crippen LogP contribution is -2.25. The van der Waals surface area contributed by atoms with Gasteiger partial charge < -0.3 is 9.47 Å². The standard InChI is InChI=1S/C24H23N7O/c1-15-8-10-17(11-9-15)31-19(28-18-7-5-6-16(2)20(18)24(31)32)12-30-14-27-21-22(29(3)4)25-13-26-23(21)30/h5-11,13-14H,12H2,1-4H3. The van der Waals surface area contributed by atoms with Gasteiger partial charge in [-0.05, 0) is 37.6 Å². The molecule has 0 bridgehead atoms. The van der Waals surface area contributed by atoms with Crippen molar-refractivity contribution in [2.24, 2.45) is 0 Å². The summed E-state index contributed by atoms with van der Waals surface area (Å²) in [4.78, 5) is 33.8. The number of benzene rings is 2. The number of rotatable bonds is 4. The summed E-state index contributed by atoms with van der Waals surface area (Å²) in [6.45, 7) is 4.30. The molecule has 0 spiro atoms. The molecule has 160 valence electrons. The average molecular weight is 425 g/mol. The first-order valence-corrected chi connectivity index (χ1v) is 10.4. The number of imidazole rings is 1. The summed E-state index contributed by atoms with van der Waals surface area (Å²) in [5.41, 5.74) is 4.81. The van der Waals surface area contributed by atoms with Gasteiger partial charge in [0, 0.05) is 14.1 Å². The van der Waals surface area contributed by atoms with E-state index < -0.39 is 0 Å². The molecule has 0 radical (unpaired) electrons. The predicted molar refractivity (Wildman–Crippen MR) is 126 cm³/mol. The molecular formula is C24H23N7O. The minimum atomic E-state index is -0.0834. The molecule has 0 saturated carbocycles. The number of fused-ring (bicyclic) bond motifs is 2. The quantitative estimate of drug-likeness (QED) is 0.440. The van der Waals surface area contributed by atoms with Crippen LogP contribution < -0.4 is 10.5 Å². The third-order valence-electron chi connectivity index (χ3n) is 5.58.